The Kier molecular flexibility index (Phi) is 6.84. The Morgan fingerprint density at radius 1 is 1.27 bits per heavy atom. The van der Waals surface area contributed by atoms with Crippen LogP contribution in [0, 0.1) is 19.8 Å². The summed E-state index contributed by atoms with van der Waals surface area (Å²) in [7, 11) is 0. The van der Waals surface area contributed by atoms with Gasteiger partial charge in [-0.25, -0.2) is 0 Å². The maximum atomic E-state index is 12.9. The number of aromatic nitrogens is 2. The highest BCUT2D eigenvalue weighted by Crippen LogP contribution is 2.24. The van der Waals surface area contributed by atoms with Crippen molar-refractivity contribution in [2.45, 2.75) is 46.2 Å². The fourth-order valence-electron chi connectivity index (χ4n) is 3.67. The van der Waals surface area contributed by atoms with Gasteiger partial charge in [-0.15, -0.1) is 12.4 Å². The van der Waals surface area contributed by atoms with Crippen LogP contribution >= 0.6 is 12.4 Å². The molecule has 2 heterocycles. The normalized spacial score (nSPS) is 19.9. The maximum absolute atomic E-state index is 12.9. The highest BCUT2D eigenvalue weighted by atomic mass is 35.5. The number of aryl methyl sites for hydroxylation is 2. The molecule has 5 nitrogen and oxygen atoms in total. The van der Waals surface area contributed by atoms with E-state index < -0.39 is 0 Å². The summed E-state index contributed by atoms with van der Waals surface area (Å²) in [6, 6.07) is 10.1. The van der Waals surface area contributed by atoms with Gasteiger partial charge in [0.25, 0.3) is 5.91 Å². The van der Waals surface area contributed by atoms with E-state index in [9.17, 15) is 4.79 Å². The minimum absolute atomic E-state index is 0. The molecule has 0 aliphatic carbocycles. The van der Waals surface area contributed by atoms with E-state index in [4.69, 9.17) is 5.73 Å². The fourth-order valence-corrected chi connectivity index (χ4v) is 3.67. The van der Waals surface area contributed by atoms with E-state index >= 15 is 0 Å². The number of amides is 1. The van der Waals surface area contributed by atoms with Crippen molar-refractivity contribution in [3.05, 3.63) is 52.8 Å². The molecule has 1 aliphatic heterocycles. The van der Waals surface area contributed by atoms with Gasteiger partial charge < -0.3 is 10.6 Å². The average molecular weight is 377 g/mol. The molecular formula is C20H29ClN4O. The Morgan fingerprint density at radius 2 is 1.96 bits per heavy atom. The predicted octanol–water partition coefficient (Wildman–Crippen LogP) is 3.17. The summed E-state index contributed by atoms with van der Waals surface area (Å²) in [5.74, 6) is 0.737. The zero-order valence-corrected chi connectivity index (χ0v) is 16.6. The second-order valence-corrected chi connectivity index (χ2v) is 7.30. The molecule has 0 spiro atoms. The van der Waals surface area contributed by atoms with Crippen LogP contribution in [0.1, 0.15) is 47.1 Å². The predicted molar refractivity (Wildman–Crippen MR) is 107 cm³/mol. The van der Waals surface area contributed by atoms with Crippen molar-refractivity contribution in [2.75, 3.05) is 13.1 Å². The Bertz CT molecular complexity index is 741. The summed E-state index contributed by atoms with van der Waals surface area (Å²) in [5.41, 5.74) is 9.95. The van der Waals surface area contributed by atoms with E-state index in [1.165, 1.54) is 0 Å². The number of carbonyl (C=O) groups excluding carboxylic acids is 1. The summed E-state index contributed by atoms with van der Waals surface area (Å²) in [6.07, 6.45) is 2.05. The second-order valence-electron chi connectivity index (χ2n) is 7.30. The first-order chi connectivity index (χ1) is 12.0. The Labute approximate surface area is 162 Å². The van der Waals surface area contributed by atoms with Crippen LogP contribution in [-0.2, 0) is 6.54 Å². The minimum Gasteiger partial charge on any atom is -0.334 e. The van der Waals surface area contributed by atoms with E-state index in [0.29, 0.717) is 12.5 Å². The Morgan fingerprint density at radius 3 is 2.54 bits per heavy atom. The summed E-state index contributed by atoms with van der Waals surface area (Å²) in [4.78, 5) is 14.8. The molecule has 1 aromatic heterocycles. The van der Waals surface area contributed by atoms with Crippen molar-refractivity contribution in [3.8, 4) is 0 Å². The van der Waals surface area contributed by atoms with Gasteiger partial charge in [0, 0.05) is 30.4 Å². The highest BCUT2D eigenvalue weighted by molar-refractivity contribution is 5.94. The lowest BCUT2D eigenvalue weighted by atomic mass is 9.92. The molecule has 1 amide bonds. The van der Waals surface area contributed by atoms with E-state index in [-0.39, 0.29) is 24.4 Å². The van der Waals surface area contributed by atoms with Gasteiger partial charge in [0.1, 0.15) is 0 Å². The number of hydrogen-bond acceptors (Lipinski definition) is 3. The number of benzene rings is 1. The zero-order valence-electron chi connectivity index (χ0n) is 15.8. The van der Waals surface area contributed by atoms with Crippen LogP contribution in [0.5, 0.6) is 0 Å². The standard InChI is InChI=1S/C20H28N4O.ClH/c1-14-8-9-23(19(10-14)12-21)20(25)18-6-4-17(5-7-18)13-24-16(3)11-15(2)22-24;/h4-7,11,14,19H,8-10,12-13,21H2,1-3H3;1H. The van der Waals surface area contributed by atoms with Crippen molar-refractivity contribution >= 4 is 18.3 Å². The molecule has 2 aromatic rings. The van der Waals surface area contributed by atoms with Gasteiger partial charge in [-0.1, -0.05) is 19.1 Å². The number of rotatable bonds is 4. The van der Waals surface area contributed by atoms with Crippen LogP contribution in [0.3, 0.4) is 0 Å². The van der Waals surface area contributed by atoms with Crippen molar-refractivity contribution in [1.82, 2.24) is 14.7 Å². The van der Waals surface area contributed by atoms with Crippen molar-refractivity contribution in [1.29, 1.82) is 0 Å². The number of nitrogens with two attached hydrogens (primary N) is 1. The van der Waals surface area contributed by atoms with Crippen LogP contribution < -0.4 is 5.73 Å². The van der Waals surface area contributed by atoms with Crippen molar-refractivity contribution in [3.63, 3.8) is 0 Å². The molecule has 0 saturated carbocycles. The number of halogens is 1. The number of carbonyl (C=O) groups is 1. The summed E-state index contributed by atoms with van der Waals surface area (Å²) in [5, 5.41) is 4.49. The number of likely N-dealkylation sites (tertiary alicyclic amines) is 1. The van der Waals surface area contributed by atoms with Gasteiger partial charge in [0.05, 0.1) is 12.2 Å². The van der Waals surface area contributed by atoms with Crippen LogP contribution in [-0.4, -0.2) is 39.7 Å². The topological polar surface area (TPSA) is 64.2 Å². The van der Waals surface area contributed by atoms with Crippen molar-refractivity contribution in [2.24, 2.45) is 11.7 Å². The largest absolute Gasteiger partial charge is 0.334 e. The number of piperidine rings is 1. The molecule has 2 N–H and O–H groups in total. The third-order valence-corrected chi connectivity index (χ3v) is 5.15. The van der Waals surface area contributed by atoms with Crippen LogP contribution in [0.2, 0.25) is 0 Å². The van der Waals surface area contributed by atoms with Crippen LogP contribution in [0.25, 0.3) is 0 Å². The monoisotopic (exact) mass is 376 g/mol. The molecule has 0 bridgehead atoms. The van der Waals surface area contributed by atoms with Gasteiger partial charge in [-0.05, 0) is 56.4 Å². The number of nitrogens with zero attached hydrogens (tertiary/aromatic N) is 3. The van der Waals surface area contributed by atoms with Crippen LogP contribution in [0.15, 0.2) is 30.3 Å². The van der Waals surface area contributed by atoms with Gasteiger partial charge in [0.2, 0.25) is 0 Å². The molecule has 1 fully saturated rings. The van der Waals surface area contributed by atoms with Crippen molar-refractivity contribution < 1.29 is 4.79 Å². The van der Waals surface area contributed by atoms with E-state index in [1.54, 1.807) is 0 Å². The molecule has 26 heavy (non-hydrogen) atoms. The zero-order chi connectivity index (χ0) is 18.0. The molecule has 0 radical (unpaired) electrons. The average Bonchev–Trinajstić information content (AvgIpc) is 2.92. The first-order valence-electron chi connectivity index (χ1n) is 9.09. The summed E-state index contributed by atoms with van der Waals surface area (Å²) < 4.78 is 1.99. The second kappa shape index (κ2) is 8.69. The summed E-state index contributed by atoms with van der Waals surface area (Å²) in [6.45, 7) is 8.35. The Hall–Kier alpha value is -1.85. The molecule has 1 saturated heterocycles. The molecule has 3 rings (SSSR count). The SMILES string of the molecule is Cc1cc(C)n(Cc2ccc(C(=O)N3CCC(C)CC3CN)cc2)n1.Cl. The highest BCUT2D eigenvalue weighted by Gasteiger charge is 2.29. The maximum Gasteiger partial charge on any atom is 0.254 e. The Balaban J connectivity index is 0.00000243. The lowest BCUT2D eigenvalue weighted by molar-refractivity contribution is 0.0573. The number of hydrogen-bond donors (Lipinski definition) is 1. The first-order valence-corrected chi connectivity index (χ1v) is 9.09. The van der Waals surface area contributed by atoms with E-state index in [1.807, 2.05) is 40.8 Å². The smallest absolute Gasteiger partial charge is 0.254 e. The van der Waals surface area contributed by atoms with Gasteiger partial charge in [-0.2, -0.15) is 5.10 Å². The fraction of sp³-hybridized carbons (Fsp3) is 0.500. The molecular weight excluding hydrogens is 348 g/mol. The van der Waals surface area contributed by atoms with Gasteiger partial charge in [-0.3, -0.25) is 9.48 Å². The van der Waals surface area contributed by atoms with E-state index in [0.717, 1.165) is 48.4 Å². The third-order valence-electron chi connectivity index (χ3n) is 5.15. The lowest BCUT2D eigenvalue weighted by Crippen LogP contribution is -2.49. The quantitative estimate of drug-likeness (QED) is 0.891. The first kappa shape index (κ1) is 20.5. The molecule has 2 unspecified atom stereocenters. The van der Waals surface area contributed by atoms with Gasteiger partial charge in [0.15, 0.2) is 0 Å². The third kappa shape index (κ3) is 4.46. The molecule has 1 aromatic carbocycles. The van der Waals surface area contributed by atoms with Crippen LogP contribution in [0.4, 0.5) is 0 Å². The molecule has 6 heteroatoms. The molecule has 2 atom stereocenters. The van der Waals surface area contributed by atoms with E-state index in [2.05, 4.69) is 25.0 Å². The minimum atomic E-state index is 0. The summed E-state index contributed by atoms with van der Waals surface area (Å²) >= 11 is 0. The molecule has 1 aliphatic rings. The van der Waals surface area contributed by atoms with Gasteiger partial charge >= 0.3 is 0 Å². The molecule has 142 valence electrons. The lowest BCUT2D eigenvalue weighted by Gasteiger charge is -2.38.